The summed E-state index contributed by atoms with van der Waals surface area (Å²) in [5.41, 5.74) is 1.67. The number of aryl methyl sites for hydroxylation is 1. The fourth-order valence-corrected chi connectivity index (χ4v) is 3.07. The van der Waals surface area contributed by atoms with Gasteiger partial charge < -0.3 is 15.1 Å². The first kappa shape index (κ1) is 18.2. The Hall–Kier alpha value is -2.63. The number of nitrogens with one attached hydrogen (secondary N) is 1. The van der Waals surface area contributed by atoms with Crippen LogP contribution >= 0.6 is 0 Å². The maximum absolute atomic E-state index is 12.9. The molecule has 1 aliphatic rings. The highest BCUT2D eigenvalue weighted by Gasteiger charge is 2.24. The maximum atomic E-state index is 12.9. The number of rotatable bonds is 5. The lowest BCUT2D eigenvalue weighted by Gasteiger charge is -2.36. The van der Waals surface area contributed by atoms with Crippen molar-refractivity contribution in [3.05, 3.63) is 47.9 Å². The molecule has 1 aliphatic heterocycles. The van der Waals surface area contributed by atoms with Gasteiger partial charge in [0.2, 0.25) is 0 Å². The van der Waals surface area contributed by atoms with Crippen molar-refractivity contribution in [2.24, 2.45) is 0 Å². The first-order valence-electron chi connectivity index (χ1n) is 9.28. The molecule has 1 atom stereocenters. The Kier molecular flexibility index (Phi) is 5.71. The molecule has 2 heterocycles. The van der Waals surface area contributed by atoms with E-state index in [2.05, 4.69) is 46.2 Å². The van der Waals surface area contributed by atoms with Crippen LogP contribution in [0.3, 0.4) is 0 Å². The number of aromatic nitrogens is 2. The zero-order valence-corrected chi connectivity index (χ0v) is 15.8. The zero-order valence-electron chi connectivity index (χ0n) is 15.8. The van der Waals surface area contributed by atoms with Crippen molar-refractivity contribution < 1.29 is 4.79 Å². The van der Waals surface area contributed by atoms with Gasteiger partial charge in [0.05, 0.1) is 0 Å². The van der Waals surface area contributed by atoms with E-state index in [1.165, 1.54) is 5.69 Å². The number of carbonyl (C=O) groups is 1. The van der Waals surface area contributed by atoms with E-state index in [1.54, 1.807) is 6.07 Å². The number of para-hydroxylation sites is 1. The second kappa shape index (κ2) is 8.17. The lowest BCUT2D eigenvalue weighted by molar-refractivity contribution is 0.0740. The highest BCUT2D eigenvalue weighted by Crippen LogP contribution is 2.17. The van der Waals surface area contributed by atoms with Crippen LogP contribution in [-0.2, 0) is 0 Å². The largest absolute Gasteiger partial charge is 0.368 e. The van der Waals surface area contributed by atoms with Crippen LogP contribution in [0, 0.1) is 6.92 Å². The minimum Gasteiger partial charge on any atom is -0.368 e. The average molecular weight is 353 g/mol. The van der Waals surface area contributed by atoms with Gasteiger partial charge in [0.15, 0.2) is 0 Å². The molecular formula is C20H27N5O. The molecule has 0 radical (unpaired) electrons. The molecule has 6 heteroatoms. The van der Waals surface area contributed by atoms with Gasteiger partial charge in [0, 0.05) is 44.0 Å². The monoisotopic (exact) mass is 353 g/mol. The van der Waals surface area contributed by atoms with Crippen LogP contribution in [0.2, 0.25) is 0 Å². The highest BCUT2D eigenvalue weighted by molar-refractivity contribution is 5.93. The van der Waals surface area contributed by atoms with Gasteiger partial charge in [-0.1, -0.05) is 25.1 Å². The fourth-order valence-electron chi connectivity index (χ4n) is 3.07. The summed E-state index contributed by atoms with van der Waals surface area (Å²) in [5.74, 6) is 1.32. The minimum absolute atomic E-state index is 0.0181. The smallest absolute Gasteiger partial charge is 0.272 e. The number of carbonyl (C=O) groups excluding carboxylic acids is 1. The highest BCUT2D eigenvalue weighted by atomic mass is 16.2. The van der Waals surface area contributed by atoms with E-state index in [0.717, 1.165) is 25.3 Å². The molecule has 1 fully saturated rings. The summed E-state index contributed by atoms with van der Waals surface area (Å²) in [6.07, 6.45) is 0.994. The second-order valence-electron chi connectivity index (χ2n) is 6.75. The maximum Gasteiger partial charge on any atom is 0.272 e. The van der Waals surface area contributed by atoms with Gasteiger partial charge in [-0.25, -0.2) is 9.97 Å². The van der Waals surface area contributed by atoms with E-state index in [9.17, 15) is 4.79 Å². The Morgan fingerprint density at radius 2 is 1.85 bits per heavy atom. The third kappa shape index (κ3) is 4.31. The van der Waals surface area contributed by atoms with Gasteiger partial charge in [-0.2, -0.15) is 0 Å². The Bertz CT molecular complexity index is 741. The van der Waals surface area contributed by atoms with Gasteiger partial charge >= 0.3 is 0 Å². The third-order valence-electron chi connectivity index (χ3n) is 4.75. The molecular weight excluding hydrogens is 326 g/mol. The lowest BCUT2D eigenvalue weighted by atomic mass is 10.2. The number of benzene rings is 1. The molecule has 0 spiro atoms. The first-order chi connectivity index (χ1) is 12.6. The van der Waals surface area contributed by atoms with Crippen LogP contribution in [0.25, 0.3) is 0 Å². The number of nitrogens with zero attached hydrogens (tertiary/aromatic N) is 4. The Labute approximate surface area is 155 Å². The third-order valence-corrected chi connectivity index (χ3v) is 4.75. The van der Waals surface area contributed by atoms with Crippen LogP contribution in [0.5, 0.6) is 0 Å². The first-order valence-corrected chi connectivity index (χ1v) is 9.28. The molecule has 3 rings (SSSR count). The lowest BCUT2D eigenvalue weighted by Crippen LogP contribution is -2.49. The summed E-state index contributed by atoms with van der Waals surface area (Å²) < 4.78 is 0. The van der Waals surface area contributed by atoms with Crippen molar-refractivity contribution >= 4 is 17.4 Å². The van der Waals surface area contributed by atoms with E-state index < -0.39 is 0 Å². The van der Waals surface area contributed by atoms with E-state index in [0.29, 0.717) is 30.6 Å². The minimum atomic E-state index is -0.0181. The summed E-state index contributed by atoms with van der Waals surface area (Å²) >= 11 is 0. The summed E-state index contributed by atoms with van der Waals surface area (Å²) in [7, 11) is 0. The molecule has 1 N–H and O–H groups in total. The van der Waals surface area contributed by atoms with Gasteiger partial charge in [0.1, 0.15) is 17.3 Å². The zero-order chi connectivity index (χ0) is 18.5. The van der Waals surface area contributed by atoms with Crippen LogP contribution in [0.4, 0.5) is 11.5 Å². The summed E-state index contributed by atoms with van der Waals surface area (Å²) in [4.78, 5) is 25.8. The van der Waals surface area contributed by atoms with Gasteiger partial charge in [-0.3, -0.25) is 4.79 Å². The Balaban J connectivity index is 1.66. The Morgan fingerprint density at radius 3 is 2.50 bits per heavy atom. The van der Waals surface area contributed by atoms with Crippen molar-refractivity contribution in [3.8, 4) is 0 Å². The van der Waals surface area contributed by atoms with Crippen molar-refractivity contribution in [1.29, 1.82) is 0 Å². The fraction of sp³-hybridized carbons (Fsp3) is 0.450. The molecule has 1 unspecified atom stereocenters. The quantitative estimate of drug-likeness (QED) is 0.895. The van der Waals surface area contributed by atoms with Crippen LogP contribution < -0.4 is 10.2 Å². The standard InChI is InChI=1S/C20H27N5O/c1-4-15(2)21-19-14-18(22-16(3)23-19)20(26)25-12-10-24(11-13-25)17-8-6-5-7-9-17/h5-9,14-15H,4,10-13H2,1-3H3,(H,21,22,23). The molecule has 0 bridgehead atoms. The average Bonchev–Trinajstić information content (AvgIpc) is 2.67. The number of piperazine rings is 1. The number of hydrogen-bond donors (Lipinski definition) is 1. The molecule has 1 amide bonds. The predicted octanol–water partition coefficient (Wildman–Crippen LogP) is 2.96. The normalized spacial score (nSPS) is 15.7. The van der Waals surface area contributed by atoms with E-state index in [4.69, 9.17) is 0 Å². The molecule has 6 nitrogen and oxygen atoms in total. The van der Waals surface area contributed by atoms with E-state index >= 15 is 0 Å². The van der Waals surface area contributed by atoms with Crippen molar-refractivity contribution in [2.75, 3.05) is 36.4 Å². The van der Waals surface area contributed by atoms with Gasteiger partial charge in [0.25, 0.3) is 5.91 Å². The second-order valence-corrected chi connectivity index (χ2v) is 6.75. The van der Waals surface area contributed by atoms with Crippen LogP contribution in [0.15, 0.2) is 36.4 Å². The summed E-state index contributed by atoms with van der Waals surface area (Å²) in [6, 6.07) is 12.4. The topological polar surface area (TPSA) is 61.4 Å². The number of hydrogen-bond acceptors (Lipinski definition) is 5. The van der Waals surface area contributed by atoms with E-state index in [-0.39, 0.29) is 5.91 Å². The number of anilines is 2. The van der Waals surface area contributed by atoms with Crippen LogP contribution in [-0.4, -0.2) is 53.0 Å². The van der Waals surface area contributed by atoms with E-state index in [1.807, 2.05) is 30.0 Å². The molecule has 1 aromatic carbocycles. The molecule has 26 heavy (non-hydrogen) atoms. The molecule has 1 saturated heterocycles. The van der Waals surface area contributed by atoms with Crippen molar-refractivity contribution in [2.45, 2.75) is 33.2 Å². The van der Waals surface area contributed by atoms with Crippen molar-refractivity contribution in [3.63, 3.8) is 0 Å². The molecule has 138 valence electrons. The Morgan fingerprint density at radius 1 is 1.15 bits per heavy atom. The van der Waals surface area contributed by atoms with Crippen LogP contribution in [0.1, 0.15) is 36.6 Å². The van der Waals surface area contributed by atoms with Crippen molar-refractivity contribution in [1.82, 2.24) is 14.9 Å². The molecule has 1 aromatic heterocycles. The molecule has 0 aliphatic carbocycles. The summed E-state index contributed by atoms with van der Waals surface area (Å²) in [6.45, 7) is 9.10. The molecule has 2 aromatic rings. The van der Waals surface area contributed by atoms with Gasteiger partial charge in [-0.05, 0) is 32.4 Å². The van der Waals surface area contributed by atoms with Gasteiger partial charge in [-0.15, -0.1) is 0 Å². The molecule has 0 saturated carbocycles. The SMILES string of the molecule is CCC(C)Nc1cc(C(=O)N2CCN(c3ccccc3)CC2)nc(C)n1. The summed E-state index contributed by atoms with van der Waals surface area (Å²) in [5, 5.41) is 3.33. The predicted molar refractivity (Wildman–Crippen MR) is 105 cm³/mol. The number of amides is 1.